The topological polar surface area (TPSA) is 94.3 Å². The second-order valence-corrected chi connectivity index (χ2v) is 6.50. The largest absolute Gasteiger partial charge is 0.445 e. The van der Waals surface area contributed by atoms with Crippen molar-refractivity contribution >= 4 is 11.9 Å². The molecular weight excluding hydrogens is 310 g/mol. The number of ketones is 1. The zero-order chi connectivity index (χ0) is 17.7. The number of aromatic nitrogens is 2. The number of aryl methyl sites for hydroxylation is 1. The molecule has 24 heavy (non-hydrogen) atoms. The Morgan fingerprint density at radius 2 is 1.88 bits per heavy atom. The minimum atomic E-state index is -0.847. The fraction of sp³-hybridized carbons (Fsp3) is 0.412. The van der Waals surface area contributed by atoms with Crippen LogP contribution in [0.5, 0.6) is 0 Å². The molecule has 1 aromatic carbocycles. The van der Waals surface area contributed by atoms with Gasteiger partial charge < -0.3 is 14.5 Å². The summed E-state index contributed by atoms with van der Waals surface area (Å²) in [5.74, 6) is -0.284. The van der Waals surface area contributed by atoms with E-state index >= 15 is 0 Å². The smallest absolute Gasteiger partial charge is 0.408 e. The Bertz CT molecular complexity index is 704. The van der Waals surface area contributed by atoms with E-state index in [1.165, 1.54) is 0 Å². The molecule has 2 aromatic rings. The highest BCUT2D eigenvalue weighted by atomic mass is 16.5. The highest BCUT2D eigenvalue weighted by Crippen LogP contribution is 2.22. The standard InChI is InChI=1S/C17H21N3O4/c1-11-19-20-15(24-11)13(21)14(17(2,3)4)18-16(22)23-10-12-8-6-5-7-9-12/h5-9,14H,10H2,1-4H3,(H,18,22)/t14-/m1/s1. The van der Waals surface area contributed by atoms with Crippen molar-refractivity contribution < 1.29 is 18.7 Å². The summed E-state index contributed by atoms with van der Waals surface area (Å²) >= 11 is 0. The van der Waals surface area contributed by atoms with Crippen molar-refractivity contribution in [2.45, 2.75) is 40.3 Å². The number of rotatable bonds is 5. The summed E-state index contributed by atoms with van der Waals surface area (Å²) < 4.78 is 10.3. The Labute approximate surface area is 140 Å². The molecule has 0 aliphatic carbocycles. The number of alkyl carbamates (subject to hydrolysis) is 1. The molecule has 0 saturated heterocycles. The van der Waals surface area contributed by atoms with Crippen LogP contribution in [0.15, 0.2) is 34.7 Å². The van der Waals surface area contributed by atoms with Crippen molar-refractivity contribution in [1.29, 1.82) is 0 Å². The SMILES string of the molecule is Cc1nnc(C(=O)[C@@H](NC(=O)OCc2ccccc2)C(C)(C)C)o1. The Morgan fingerprint density at radius 3 is 2.42 bits per heavy atom. The van der Waals surface area contributed by atoms with Gasteiger partial charge in [0.15, 0.2) is 0 Å². The fourth-order valence-electron chi connectivity index (χ4n) is 2.08. The molecule has 1 N–H and O–H groups in total. The van der Waals surface area contributed by atoms with Crippen molar-refractivity contribution in [2.24, 2.45) is 5.41 Å². The third-order valence-corrected chi connectivity index (χ3v) is 3.34. The summed E-state index contributed by atoms with van der Waals surface area (Å²) in [6.07, 6.45) is -0.677. The van der Waals surface area contributed by atoms with E-state index in [1.807, 2.05) is 51.1 Å². The zero-order valence-electron chi connectivity index (χ0n) is 14.2. The Kier molecular flexibility index (Phi) is 5.33. The number of carbonyl (C=O) groups excluding carboxylic acids is 2. The third-order valence-electron chi connectivity index (χ3n) is 3.34. The van der Waals surface area contributed by atoms with Gasteiger partial charge in [-0.25, -0.2) is 4.79 Å². The van der Waals surface area contributed by atoms with Gasteiger partial charge in [0.05, 0.1) is 0 Å². The molecule has 1 heterocycles. The van der Waals surface area contributed by atoms with Gasteiger partial charge in [-0.2, -0.15) is 0 Å². The monoisotopic (exact) mass is 331 g/mol. The van der Waals surface area contributed by atoms with Gasteiger partial charge in [-0.05, 0) is 11.0 Å². The maximum Gasteiger partial charge on any atom is 0.408 e. The van der Waals surface area contributed by atoms with E-state index in [-0.39, 0.29) is 18.4 Å². The second kappa shape index (κ2) is 7.25. The second-order valence-electron chi connectivity index (χ2n) is 6.50. The van der Waals surface area contributed by atoms with Gasteiger partial charge in [-0.3, -0.25) is 4.79 Å². The average Bonchev–Trinajstić information content (AvgIpc) is 2.96. The lowest BCUT2D eigenvalue weighted by Crippen LogP contribution is -2.49. The Hall–Kier alpha value is -2.70. The summed E-state index contributed by atoms with van der Waals surface area (Å²) in [6.45, 7) is 7.21. The lowest BCUT2D eigenvalue weighted by atomic mass is 9.84. The molecule has 0 saturated carbocycles. The van der Waals surface area contributed by atoms with Gasteiger partial charge in [0.2, 0.25) is 11.7 Å². The van der Waals surface area contributed by atoms with Crippen molar-refractivity contribution in [1.82, 2.24) is 15.5 Å². The van der Waals surface area contributed by atoms with Crippen LogP contribution in [0.4, 0.5) is 4.79 Å². The number of hydrogen-bond acceptors (Lipinski definition) is 6. The van der Waals surface area contributed by atoms with E-state index in [9.17, 15) is 9.59 Å². The van der Waals surface area contributed by atoms with Gasteiger partial charge in [0, 0.05) is 6.92 Å². The van der Waals surface area contributed by atoms with Crippen LogP contribution in [0.25, 0.3) is 0 Å². The number of amides is 1. The normalized spacial score (nSPS) is 12.5. The maximum atomic E-state index is 12.5. The molecule has 1 amide bonds. The minimum absolute atomic E-state index is 0.122. The summed E-state index contributed by atoms with van der Waals surface area (Å²) in [4.78, 5) is 24.6. The molecule has 0 unspecified atom stereocenters. The van der Waals surface area contributed by atoms with Crippen LogP contribution in [-0.4, -0.2) is 28.1 Å². The number of benzene rings is 1. The summed E-state index contributed by atoms with van der Waals surface area (Å²) in [5.41, 5.74) is 0.310. The van der Waals surface area contributed by atoms with Crippen LogP contribution in [-0.2, 0) is 11.3 Å². The van der Waals surface area contributed by atoms with Crippen LogP contribution in [0.2, 0.25) is 0 Å². The van der Waals surface area contributed by atoms with Gasteiger partial charge in [-0.1, -0.05) is 51.1 Å². The van der Waals surface area contributed by atoms with E-state index in [0.29, 0.717) is 0 Å². The van der Waals surface area contributed by atoms with E-state index < -0.39 is 23.3 Å². The predicted octanol–water partition coefficient (Wildman–Crippen LogP) is 2.90. The van der Waals surface area contributed by atoms with Crippen molar-refractivity contribution in [3.8, 4) is 0 Å². The van der Waals surface area contributed by atoms with Crippen LogP contribution in [0.1, 0.15) is 42.9 Å². The van der Waals surface area contributed by atoms with E-state index in [1.54, 1.807) is 6.92 Å². The molecule has 7 heteroatoms. The predicted molar refractivity (Wildman–Crippen MR) is 86.4 cm³/mol. The minimum Gasteiger partial charge on any atom is -0.445 e. The van der Waals surface area contributed by atoms with E-state index in [0.717, 1.165) is 5.56 Å². The number of nitrogens with zero attached hydrogens (tertiary/aromatic N) is 2. The molecule has 7 nitrogen and oxygen atoms in total. The lowest BCUT2D eigenvalue weighted by molar-refractivity contribution is 0.0793. The molecule has 0 bridgehead atoms. The molecule has 0 spiro atoms. The van der Waals surface area contributed by atoms with Gasteiger partial charge in [0.1, 0.15) is 12.6 Å². The fourth-order valence-corrected chi connectivity index (χ4v) is 2.08. The lowest BCUT2D eigenvalue weighted by Gasteiger charge is -2.28. The number of ether oxygens (including phenoxy) is 1. The van der Waals surface area contributed by atoms with Crippen molar-refractivity contribution in [3.63, 3.8) is 0 Å². The first kappa shape index (κ1) is 17.7. The summed E-state index contributed by atoms with van der Waals surface area (Å²) in [7, 11) is 0. The highest BCUT2D eigenvalue weighted by Gasteiger charge is 2.36. The number of hydrogen-bond donors (Lipinski definition) is 1. The summed E-state index contributed by atoms with van der Waals surface area (Å²) in [5, 5.41) is 9.96. The highest BCUT2D eigenvalue weighted by molar-refractivity contribution is 5.98. The molecule has 1 atom stereocenters. The van der Waals surface area contributed by atoms with Crippen molar-refractivity contribution in [2.75, 3.05) is 0 Å². The molecule has 128 valence electrons. The van der Waals surface area contributed by atoms with E-state index in [2.05, 4.69) is 15.5 Å². The molecule has 0 fully saturated rings. The molecule has 0 radical (unpaired) electrons. The Balaban J connectivity index is 2.03. The molecule has 2 rings (SSSR count). The molecule has 0 aliphatic rings. The van der Waals surface area contributed by atoms with Crippen LogP contribution < -0.4 is 5.32 Å². The van der Waals surface area contributed by atoms with Gasteiger partial charge >= 0.3 is 6.09 Å². The number of carbonyl (C=O) groups is 2. The first-order valence-electron chi connectivity index (χ1n) is 7.59. The molecule has 1 aromatic heterocycles. The van der Waals surface area contributed by atoms with Gasteiger partial charge in [0.25, 0.3) is 5.89 Å². The first-order valence-corrected chi connectivity index (χ1v) is 7.59. The molecule has 0 aliphatic heterocycles. The quantitative estimate of drug-likeness (QED) is 0.847. The van der Waals surface area contributed by atoms with Gasteiger partial charge in [-0.15, -0.1) is 10.2 Å². The van der Waals surface area contributed by atoms with E-state index in [4.69, 9.17) is 9.15 Å². The Morgan fingerprint density at radius 1 is 1.21 bits per heavy atom. The van der Waals surface area contributed by atoms with Crippen LogP contribution in [0, 0.1) is 12.3 Å². The third kappa shape index (κ3) is 4.65. The molecular formula is C17H21N3O4. The average molecular weight is 331 g/mol. The van der Waals surface area contributed by atoms with Crippen LogP contribution >= 0.6 is 0 Å². The zero-order valence-corrected chi connectivity index (χ0v) is 14.2. The van der Waals surface area contributed by atoms with Crippen molar-refractivity contribution in [3.05, 3.63) is 47.7 Å². The first-order chi connectivity index (χ1) is 11.3. The number of nitrogens with one attached hydrogen (secondary N) is 1. The summed E-state index contributed by atoms with van der Waals surface area (Å²) in [6, 6.07) is 8.44. The number of Topliss-reactive ketones (excluding diaryl/α,β-unsaturated/α-hetero) is 1. The maximum absolute atomic E-state index is 12.5. The van der Waals surface area contributed by atoms with Crippen LogP contribution in [0.3, 0.4) is 0 Å².